The quantitative estimate of drug-likeness (QED) is 0.773. The number of hydrogen-bond donors (Lipinski definition) is 0. The normalized spacial score (nSPS) is 25.7. The third-order valence-corrected chi connectivity index (χ3v) is 4.49. The molecular weight excluding hydrogens is 236 g/mol. The summed E-state index contributed by atoms with van der Waals surface area (Å²) in [6, 6.07) is 9.60. The molecule has 1 saturated heterocycles. The summed E-state index contributed by atoms with van der Waals surface area (Å²) in [5.74, 6) is 0.811. The number of rotatable bonds is 1. The van der Waals surface area contributed by atoms with Crippen LogP contribution in [0.4, 0.5) is 0 Å². The van der Waals surface area contributed by atoms with Crippen LogP contribution in [0.5, 0.6) is 0 Å². The predicted octanol–water partition coefficient (Wildman–Crippen LogP) is 2.96. The van der Waals surface area contributed by atoms with Crippen molar-refractivity contribution in [3.63, 3.8) is 0 Å². The molecule has 0 radical (unpaired) electrons. The van der Waals surface area contributed by atoms with Crippen molar-refractivity contribution in [3.05, 3.63) is 35.4 Å². The predicted molar refractivity (Wildman–Crippen MR) is 72.6 cm³/mol. The van der Waals surface area contributed by atoms with Gasteiger partial charge in [0.2, 0.25) is 0 Å². The number of likely N-dealkylation sites (tertiary alicyclic amines) is 1. The van der Waals surface area contributed by atoms with Crippen molar-refractivity contribution in [2.75, 3.05) is 6.54 Å². The van der Waals surface area contributed by atoms with Gasteiger partial charge in [-0.25, -0.2) is 0 Å². The second-order valence-electron chi connectivity index (χ2n) is 5.59. The molecule has 1 aliphatic heterocycles. The lowest BCUT2D eigenvalue weighted by atomic mass is 9.91. The van der Waals surface area contributed by atoms with Crippen LogP contribution in [0.3, 0.4) is 0 Å². The molecule has 2 aliphatic rings. The Morgan fingerprint density at radius 3 is 2.95 bits per heavy atom. The Bertz CT molecular complexity index is 532. The maximum absolute atomic E-state index is 12.6. The number of carbonyl (C=O) groups excluding carboxylic acids is 1. The fourth-order valence-electron chi connectivity index (χ4n) is 3.59. The lowest BCUT2D eigenvalue weighted by molar-refractivity contribution is 0.0548. The third kappa shape index (κ3) is 2.23. The molecule has 2 unspecified atom stereocenters. The van der Waals surface area contributed by atoms with Crippen molar-refractivity contribution >= 4 is 5.91 Å². The second-order valence-corrected chi connectivity index (χ2v) is 5.59. The molecule has 3 rings (SSSR count). The largest absolute Gasteiger partial charge is 0.335 e. The number of fused-ring (bicyclic) bond motifs is 1. The molecule has 3 heteroatoms. The zero-order valence-electron chi connectivity index (χ0n) is 11.0. The van der Waals surface area contributed by atoms with Gasteiger partial charge < -0.3 is 4.90 Å². The van der Waals surface area contributed by atoms with E-state index in [9.17, 15) is 4.79 Å². The van der Waals surface area contributed by atoms with E-state index in [1.165, 1.54) is 19.3 Å². The van der Waals surface area contributed by atoms with E-state index in [-0.39, 0.29) is 5.91 Å². The lowest BCUT2D eigenvalue weighted by Crippen LogP contribution is -2.46. The van der Waals surface area contributed by atoms with Gasteiger partial charge in [0.1, 0.15) is 0 Å². The molecule has 1 amide bonds. The molecule has 1 aromatic carbocycles. The van der Waals surface area contributed by atoms with Crippen LogP contribution in [-0.2, 0) is 0 Å². The molecule has 0 N–H and O–H groups in total. The minimum absolute atomic E-state index is 0.105. The van der Waals surface area contributed by atoms with Crippen molar-refractivity contribution in [2.45, 2.75) is 38.1 Å². The molecule has 0 bridgehead atoms. The maximum Gasteiger partial charge on any atom is 0.254 e. The fraction of sp³-hybridized carbons (Fsp3) is 0.500. The van der Waals surface area contributed by atoms with Crippen molar-refractivity contribution in [2.24, 2.45) is 5.92 Å². The smallest absolute Gasteiger partial charge is 0.254 e. The number of benzene rings is 1. The first-order chi connectivity index (χ1) is 9.29. The summed E-state index contributed by atoms with van der Waals surface area (Å²) in [7, 11) is 0. The Morgan fingerprint density at radius 2 is 2.11 bits per heavy atom. The average Bonchev–Trinajstić information content (AvgIpc) is 2.95. The van der Waals surface area contributed by atoms with E-state index in [0.29, 0.717) is 23.1 Å². The van der Waals surface area contributed by atoms with Crippen LogP contribution in [0.15, 0.2) is 24.3 Å². The highest BCUT2D eigenvalue weighted by molar-refractivity contribution is 5.94. The second kappa shape index (κ2) is 5.05. The van der Waals surface area contributed by atoms with Crippen LogP contribution in [0, 0.1) is 17.2 Å². The number of carbonyl (C=O) groups is 1. The molecule has 3 nitrogen and oxygen atoms in total. The lowest BCUT2D eigenvalue weighted by Gasteiger charge is -2.37. The van der Waals surface area contributed by atoms with Gasteiger partial charge in [-0.1, -0.05) is 12.5 Å². The zero-order valence-corrected chi connectivity index (χ0v) is 11.0. The average molecular weight is 254 g/mol. The Labute approximate surface area is 113 Å². The molecule has 2 atom stereocenters. The molecule has 1 aliphatic carbocycles. The number of hydrogen-bond acceptors (Lipinski definition) is 2. The first-order valence-electron chi connectivity index (χ1n) is 7.11. The summed E-state index contributed by atoms with van der Waals surface area (Å²) in [4.78, 5) is 14.7. The van der Waals surface area contributed by atoms with Gasteiger partial charge in [-0.15, -0.1) is 0 Å². The van der Waals surface area contributed by atoms with Gasteiger partial charge in [-0.05, 0) is 49.8 Å². The molecule has 0 aromatic heterocycles. The number of piperidine rings is 1. The maximum atomic E-state index is 12.6. The third-order valence-electron chi connectivity index (χ3n) is 4.49. The van der Waals surface area contributed by atoms with E-state index in [0.717, 1.165) is 19.4 Å². The minimum Gasteiger partial charge on any atom is -0.335 e. The molecule has 19 heavy (non-hydrogen) atoms. The standard InChI is InChI=1S/C16H18N2O/c17-11-12-4-1-6-14(10-12)16(19)18-9-3-7-13-5-2-8-15(13)18/h1,4,6,10,13,15H,2-3,5,7-9H2. The van der Waals surface area contributed by atoms with Crippen LogP contribution >= 0.6 is 0 Å². The Kier molecular flexibility index (Phi) is 3.25. The number of amides is 1. The molecule has 1 aromatic rings. The molecular formula is C16H18N2O. The highest BCUT2D eigenvalue weighted by Crippen LogP contribution is 2.37. The van der Waals surface area contributed by atoms with Crippen LogP contribution in [0.1, 0.15) is 48.0 Å². The summed E-state index contributed by atoms with van der Waals surface area (Å²) >= 11 is 0. The van der Waals surface area contributed by atoms with Crippen molar-refractivity contribution in [1.82, 2.24) is 4.90 Å². The van der Waals surface area contributed by atoms with Crippen molar-refractivity contribution in [3.8, 4) is 6.07 Å². The highest BCUT2D eigenvalue weighted by atomic mass is 16.2. The molecule has 0 spiro atoms. The van der Waals surface area contributed by atoms with Gasteiger partial charge in [0, 0.05) is 18.2 Å². The molecule has 1 heterocycles. The van der Waals surface area contributed by atoms with Crippen LogP contribution in [0.25, 0.3) is 0 Å². The number of nitriles is 1. The van der Waals surface area contributed by atoms with Crippen LogP contribution < -0.4 is 0 Å². The van der Waals surface area contributed by atoms with E-state index in [1.54, 1.807) is 18.2 Å². The SMILES string of the molecule is N#Cc1cccc(C(=O)N2CCCC3CCCC32)c1. The van der Waals surface area contributed by atoms with E-state index in [4.69, 9.17) is 5.26 Å². The highest BCUT2D eigenvalue weighted by Gasteiger charge is 2.37. The summed E-state index contributed by atoms with van der Waals surface area (Å²) in [6.07, 6.45) is 6.05. The van der Waals surface area contributed by atoms with Crippen LogP contribution in [0.2, 0.25) is 0 Å². The molecule has 98 valence electrons. The molecule has 1 saturated carbocycles. The number of nitrogens with zero attached hydrogens (tertiary/aromatic N) is 2. The van der Waals surface area contributed by atoms with E-state index in [1.807, 2.05) is 6.07 Å². The van der Waals surface area contributed by atoms with E-state index >= 15 is 0 Å². The van der Waals surface area contributed by atoms with Gasteiger partial charge >= 0.3 is 0 Å². The van der Waals surface area contributed by atoms with Gasteiger partial charge in [0.05, 0.1) is 11.6 Å². The Hall–Kier alpha value is -1.82. The van der Waals surface area contributed by atoms with E-state index < -0.39 is 0 Å². The first-order valence-corrected chi connectivity index (χ1v) is 7.11. The minimum atomic E-state index is 0.105. The van der Waals surface area contributed by atoms with Crippen molar-refractivity contribution < 1.29 is 4.79 Å². The summed E-state index contributed by atoms with van der Waals surface area (Å²) in [5, 5.41) is 8.93. The van der Waals surface area contributed by atoms with Crippen LogP contribution in [-0.4, -0.2) is 23.4 Å². The Balaban J connectivity index is 1.84. The Morgan fingerprint density at radius 1 is 1.26 bits per heavy atom. The van der Waals surface area contributed by atoms with E-state index in [2.05, 4.69) is 11.0 Å². The fourth-order valence-corrected chi connectivity index (χ4v) is 3.59. The summed E-state index contributed by atoms with van der Waals surface area (Å²) in [5.41, 5.74) is 1.22. The van der Waals surface area contributed by atoms with Crippen molar-refractivity contribution in [1.29, 1.82) is 5.26 Å². The summed E-state index contributed by atoms with van der Waals surface area (Å²) < 4.78 is 0. The topological polar surface area (TPSA) is 44.1 Å². The van der Waals surface area contributed by atoms with Gasteiger partial charge in [0.15, 0.2) is 0 Å². The molecule has 2 fully saturated rings. The monoisotopic (exact) mass is 254 g/mol. The first kappa shape index (κ1) is 12.2. The van der Waals surface area contributed by atoms with Gasteiger partial charge in [-0.2, -0.15) is 5.26 Å². The summed E-state index contributed by atoms with van der Waals surface area (Å²) in [6.45, 7) is 0.872. The van der Waals surface area contributed by atoms with Gasteiger partial charge in [-0.3, -0.25) is 4.79 Å². The zero-order chi connectivity index (χ0) is 13.2. The van der Waals surface area contributed by atoms with Gasteiger partial charge in [0.25, 0.3) is 5.91 Å².